The van der Waals surface area contributed by atoms with Crippen molar-refractivity contribution in [1.29, 1.82) is 0 Å². The van der Waals surface area contributed by atoms with Crippen LogP contribution in [-0.2, 0) is 11.2 Å². The van der Waals surface area contributed by atoms with Crippen LogP contribution in [0.5, 0.6) is 5.75 Å². The lowest BCUT2D eigenvalue weighted by atomic mass is 9.63. The van der Waals surface area contributed by atoms with E-state index >= 15 is 0 Å². The van der Waals surface area contributed by atoms with E-state index in [9.17, 15) is 15.0 Å². The molecule has 1 aromatic carbocycles. The molecule has 2 N–H and O–H groups in total. The molecule has 126 valence electrons. The molecule has 5 heteroatoms. The third-order valence-corrected chi connectivity index (χ3v) is 5.66. The van der Waals surface area contributed by atoms with Crippen LogP contribution in [0.2, 0.25) is 0 Å². The zero-order valence-corrected chi connectivity index (χ0v) is 13.6. The second-order valence-corrected chi connectivity index (χ2v) is 6.82. The van der Waals surface area contributed by atoms with Gasteiger partial charge >= 0.3 is 0 Å². The van der Waals surface area contributed by atoms with Gasteiger partial charge in [-0.05, 0) is 43.4 Å². The summed E-state index contributed by atoms with van der Waals surface area (Å²) < 4.78 is 5.17. The van der Waals surface area contributed by atoms with Crippen LogP contribution >= 0.6 is 0 Å². The molecule has 1 saturated heterocycles. The molecule has 1 amide bonds. The van der Waals surface area contributed by atoms with E-state index in [2.05, 4.69) is 0 Å². The number of hydrogen-bond donors (Lipinski definition) is 2. The summed E-state index contributed by atoms with van der Waals surface area (Å²) in [6.07, 6.45) is 4.73. The molecule has 0 spiro atoms. The molecule has 1 heterocycles. The SMILES string of the molecule is COc1ccc(C[C@H]2N(C=O)CC[C@@]3(O)CCCC[C@]23O)cc1. The van der Waals surface area contributed by atoms with Crippen LogP contribution in [0.4, 0.5) is 0 Å². The summed E-state index contributed by atoms with van der Waals surface area (Å²) in [6, 6.07) is 7.25. The van der Waals surface area contributed by atoms with Gasteiger partial charge in [0.05, 0.1) is 18.8 Å². The molecule has 1 aromatic rings. The number of hydrogen-bond acceptors (Lipinski definition) is 4. The van der Waals surface area contributed by atoms with Crippen molar-refractivity contribution in [2.24, 2.45) is 0 Å². The van der Waals surface area contributed by atoms with E-state index in [1.807, 2.05) is 24.3 Å². The smallest absolute Gasteiger partial charge is 0.210 e. The molecule has 23 heavy (non-hydrogen) atoms. The second-order valence-electron chi connectivity index (χ2n) is 6.82. The quantitative estimate of drug-likeness (QED) is 0.825. The van der Waals surface area contributed by atoms with Crippen LogP contribution in [-0.4, -0.2) is 52.4 Å². The molecule has 0 aromatic heterocycles. The number of ether oxygens (including phenoxy) is 1. The van der Waals surface area contributed by atoms with Crippen LogP contribution in [0.1, 0.15) is 37.7 Å². The molecule has 0 bridgehead atoms. The van der Waals surface area contributed by atoms with Crippen molar-refractivity contribution >= 4 is 6.41 Å². The van der Waals surface area contributed by atoms with Gasteiger partial charge in [0.25, 0.3) is 0 Å². The highest BCUT2D eigenvalue weighted by atomic mass is 16.5. The number of aliphatic hydroxyl groups is 2. The molecule has 0 unspecified atom stereocenters. The molecular weight excluding hydrogens is 294 g/mol. The summed E-state index contributed by atoms with van der Waals surface area (Å²) >= 11 is 0. The van der Waals surface area contributed by atoms with Crippen molar-refractivity contribution in [1.82, 2.24) is 4.90 Å². The Morgan fingerprint density at radius 3 is 2.57 bits per heavy atom. The Morgan fingerprint density at radius 1 is 1.22 bits per heavy atom. The van der Waals surface area contributed by atoms with E-state index in [-0.39, 0.29) is 0 Å². The van der Waals surface area contributed by atoms with Gasteiger partial charge in [0.2, 0.25) is 6.41 Å². The van der Waals surface area contributed by atoms with Crippen molar-refractivity contribution in [2.75, 3.05) is 13.7 Å². The number of nitrogens with zero attached hydrogens (tertiary/aromatic N) is 1. The average Bonchev–Trinajstić information content (AvgIpc) is 2.57. The maximum absolute atomic E-state index is 11.5. The fraction of sp³-hybridized carbons (Fsp3) is 0.611. The predicted molar refractivity (Wildman–Crippen MR) is 86.2 cm³/mol. The molecule has 2 fully saturated rings. The highest BCUT2D eigenvalue weighted by molar-refractivity contribution is 5.49. The van der Waals surface area contributed by atoms with Crippen LogP contribution in [0.25, 0.3) is 0 Å². The van der Waals surface area contributed by atoms with Crippen LogP contribution in [0, 0.1) is 0 Å². The highest BCUT2D eigenvalue weighted by Gasteiger charge is 2.59. The number of benzene rings is 1. The van der Waals surface area contributed by atoms with Crippen molar-refractivity contribution in [3.05, 3.63) is 29.8 Å². The number of methoxy groups -OCH3 is 1. The van der Waals surface area contributed by atoms with Crippen LogP contribution in [0.15, 0.2) is 24.3 Å². The Hall–Kier alpha value is -1.59. The van der Waals surface area contributed by atoms with Crippen molar-refractivity contribution < 1.29 is 19.7 Å². The van der Waals surface area contributed by atoms with E-state index in [0.29, 0.717) is 32.2 Å². The van der Waals surface area contributed by atoms with Crippen molar-refractivity contribution in [2.45, 2.75) is 55.8 Å². The molecular formula is C18H25NO4. The molecule has 1 saturated carbocycles. The molecule has 0 radical (unpaired) electrons. The van der Waals surface area contributed by atoms with Crippen LogP contribution < -0.4 is 4.74 Å². The summed E-state index contributed by atoms with van der Waals surface area (Å²) in [5.74, 6) is 0.775. The molecule has 3 atom stereocenters. The lowest BCUT2D eigenvalue weighted by Gasteiger charge is -2.57. The van der Waals surface area contributed by atoms with Gasteiger partial charge in [0.15, 0.2) is 0 Å². The standard InChI is InChI=1S/C18H25NO4/c1-23-15-6-4-14(5-7-15)12-16-18(22)9-3-2-8-17(18,21)10-11-19(16)13-20/h4-7,13,16,21-22H,2-3,8-12H2,1H3/t16-,17+,18+/m1/s1. The van der Waals surface area contributed by atoms with E-state index in [0.717, 1.165) is 30.6 Å². The molecule has 2 aliphatic rings. The fourth-order valence-electron chi connectivity index (χ4n) is 4.22. The number of rotatable bonds is 4. The van der Waals surface area contributed by atoms with Gasteiger partial charge in [-0.3, -0.25) is 4.79 Å². The Kier molecular flexibility index (Phi) is 4.34. The molecule has 1 aliphatic carbocycles. The van der Waals surface area contributed by atoms with Gasteiger partial charge in [0, 0.05) is 6.54 Å². The average molecular weight is 319 g/mol. The van der Waals surface area contributed by atoms with Gasteiger partial charge in [-0.1, -0.05) is 25.0 Å². The van der Waals surface area contributed by atoms with Crippen molar-refractivity contribution in [3.63, 3.8) is 0 Å². The summed E-state index contributed by atoms with van der Waals surface area (Å²) in [6.45, 7) is 0.489. The lowest BCUT2D eigenvalue weighted by Crippen LogP contribution is -2.71. The maximum atomic E-state index is 11.5. The van der Waals surface area contributed by atoms with E-state index in [1.165, 1.54) is 0 Å². The number of piperidine rings is 1. The zero-order chi connectivity index (χ0) is 16.5. The molecule has 1 aliphatic heterocycles. The normalized spacial score (nSPS) is 33.9. The van der Waals surface area contributed by atoms with Gasteiger partial charge in [0.1, 0.15) is 11.4 Å². The second kappa shape index (κ2) is 6.13. The Labute approximate surface area is 136 Å². The van der Waals surface area contributed by atoms with Gasteiger partial charge in [-0.2, -0.15) is 0 Å². The zero-order valence-electron chi connectivity index (χ0n) is 13.6. The number of carbonyl (C=O) groups excluding carboxylic acids is 1. The summed E-state index contributed by atoms with van der Waals surface area (Å²) in [7, 11) is 1.62. The third-order valence-electron chi connectivity index (χ3n) is 5.66. The topological polar surface area (TPSA) is 70.0 Å². The summed E-state index contributed by atoms with van der Waals surface area (Å²) in [5.41, 5.74) is -1.29. The van der Waals surface area contributed by atoms with Crippen molar-refractivity contribution in [3.8, 4) is 5.75 Å². The van der Waals surface area contributed by atoms with Gasteiger partial charge < -0.3 is 19.8 Å². The predicted octanol–water partition coefficient (Wildman–Crippen LogP) is 1.50. The Balaban J connectivity index is 1.89. The fourth-order valence-corrected chi connectivity index (χ4v) is 4.22. The van der Waals surface area contributed by atoms with E-state index < -0.39 is 17.2 Å². The van der Waals surface area contributed by atoms with E-state index in [4.69, 9.17) is 4.74 Å². The lowest BCUT2D eigenvalue weighted by molar-refractivity contribution is -0.230. The molecule has 3 rings (SSSR count). The minimum atomic E-state index is -1.23. The number of fused-ring (bicyclic) bond motifs is 1. The van der Waals surface area contributed by atoms with Crippen LogP contribution in [0.3, 0.4) is 0 Å². The largest absolute Gasteiger partial charge is 0.497 e. The Morgan fingerprint density at radius 2 is 1.91 bits per heavy atom. The number of carbonyl (C=O) groups is 1. The first-order valence-electron chi connectivity index (χ1n) is 8.31. The minimum absolute atomic E-state index is 0.396. The van der Waals surface area contributed by atoms with E-state index in [1.54, 1.807) is 12.0 Å². The first-order valence-corrected chi connectivity index (χ1v) is 8.31. The first-order chi connectivity index (χ1) is 11.0. The summed E-state index contributed by atoms with van der Waals surface area (Å²) in [4.78, 5) is 13.2. The van der Waals surface area contributed by atoms with Gasteiger partial charge in [-0.25, -0.2) is 0 Å². The number of likely N-dealkylation sites (tertiary alicyclic amines) is 1. The Bertz CT molecular complexity index is 561. The number of amides is 1. The monoisotopic (exact) mass is 319 g/mol. The van der Waals surface area contributed by atoms with Gasteiger partial charge in [-0.15, -0.1) is 0 Å². The third kappa shape index (κ3) is 2.72. The highest BCUT2D eigenvalue weighted by Crippen LogP contribution is 2.46. The molecule has 5 nitrogen and oxygen atoms in total. The first kappa shape index (κ1) is 16.3. The summed E-state index contributed by atoms with van der Waals surface area (Å²) in [5, 5.41) is 22.3. The minimum Gasteiger partial charge on any atom is -0.497 e. The maximum Gasteiger partial charge on any atom is 0.210 e.